The summed E-state index contributed by atoms with van der Waals surface area (Å²) >= 11 is 5.65. The smallest absolute Gasteiger partial charge is 0.224 e. The van der Waals surface area contributed by atoms with Crippen molar-refractivity contribution in [3.05, 3.63) is 47.1 Å². The van der Waals surface area contributed by atoms with Gasteiger partial charge in [0.1, 0.15) is 0 Å². The molecule has 106 valence electrons. The van der Waals surface area contributed by atoms with Crippen LogP contribution in [-0.4, -0.2) is 20.1 Å². The fraction of sp³-hybridized carbons (Fsp3) is 0.0714. The van der Waals surface area contributed by atoms with E-state index in [1.54, 1.807) is 24.3 Å². The number of aromatic nitrogens is 3. The lowest BCUT2D eigenvalue weighted by atomic mass is 10.1. The highest BCUT2D eigenvalue weighted by Gasteiger charge is 2.08. The van der Waals surface area contributed by atoms with Crippen molar-refractivity contribution < 1.29 is 9.50 Å². The predicted octanol–water partition coefficient (Wildman–Crippen LogP) is 3.57. The van der Waals surface area contributed by atoms with E-state index in [4.69, 9.17) is 11.6 Å². The van der Waals surface area contributed by atoms with Crippen molar-refractivity contribution in [3.63, 3.8) is 0 Å². The summed E-state index contributed by atoms with van der Waals surface area (Å²) in [5.41, 5.74) is 2.15. The van der Waals surface area contributed by atoms with Crippen molar-refractivity contribution in [2.75, 3.05) is 5.32 Å². The highest BCUT2D eigenvalue weighted by molar-refractivity contribution is 6.28. The molecule has 5 nitrogen and oxygen atoms in total. The number of benzene rings is 1. The number of hydrogen-bond acceptors (Lipinski definition) is 5. The third-order valence-electron chi connectivity index (χ3n) is 2.98. The first-order chi connectivity index (χ1) is 10.0. The average Bonchev–Trinajstić information content (AvgIpc) is 2.43. The Morgan fingerprint density at radius 2 is 2.05 bits per heavy atom. The number of anilines is 2. The van der Waals surface area contributed by atoms with Crippen LogP contribution in [0.1, 0.15) is 5.56 Å². The minimum Gasteiger partial charge on any atom is -0.493 e. The van der Waals surface area contributed by atoms with Gasteiger partial charge < -0.3 is 10.4 Å². The van der Waals surface area contributed by atoms with Crippen molar-refractivity contribution in [2.45, 2.75) is 6.92 Å². The Labute approximate surface area is 124 Å². The maximum atomic E-state index is 13.6. The van der Waals surface area contributed by atoms with Crippen LogP contribution in [0.3, 0.4) is 0 Å². The molecule has 1 aromatic carbocycles. The molecule has 2 aromatic heterocycles. The van der Waals surface area contributed by atoms with Crippen LogP contribution in [0.4, 0.5) is 15.9 Å². The molecule has 3 rings (SSSR count). The monoisotopic (exact) mass is 304 g/mol. The number of hydrogen-bond donors (Lipinski definition) is 2. The normalized spacial score (nSPS) is 10.8. The minimum absolute atomic E-state index is 0.00117. The quantitative estimate of drug-likeness (QED) is 0.708. The molecule has 0 fully saturated rings. The van der Waals surface area contributed by atoms with E-state index in [0.29, 0.717) is 11.2 Å². The minimum atomic E-state index is -0.597. The lowest BCUT2D eigenvalue weighted by Crippen LogP contribution is -1.99. The molecule has 0 saturated carbocycles. The molecule has 0 radical (unpaired) electrons. The highest BCUT2D eigenvalue weighted by Crippen LogP contribution is 2.26. The number of aromatic hydroxyl groups is 1. The Kier molecular flexibility index (Phi) is 3.31. The first kappa shape index (κ1) is 13.5. The fourth-order valence-corrected chi connectivity index (χ4v) is 2.16. The molecule has 0 spiro atoms. The van der Waals surface area contributed by atoms with Crippen LogP contribution in [-0.2, 0) is 0 Å². The van der Waals surface area contributed by atoms with Crippen LogP contribution in [0.15, 0.2) is 30.5 Å². The first-order valence-corrected chi connectivity index (χ1v) is 6.46. The standard InChI is InChI=1S/C14H10ClFN4O/c1-7-4-12(21)19-11-3-2-8(5-9(7)11)18-13-10(16)6-17-14(15)20-13/h2-6H,1H3,(H,19,21)(H,17,18,20). The summed E-state index contributed by atoms with van der Waals surface area (Å²) in [6.45, 7) is 1.86. The van der Waals surface area contributed by atoms with Crippen LogP contribution in [0, 0.1) is 12.7 Å². The number of rotatable bonds is 2. The van der Waals surface area contributed by atoms with Gasteiger partial charge in [0.25, 0.3) is 0 Å². The number of halogens is 2. The molecule has 0 atom stereocenters. The summed E-state index contributed by atoms with van der Waals surface area (Å²) in [4.78, 5) is 11.4. The van der Waals surface area contributed by atoms with E-state index in [-0.39, 0.29) is 17.0 Å². The van der Waals surface area contributed by atoms with E-state index >= 15 is 0 Å². The Bertz CT molecular complexity index is 841. The van der Waals surface area contributed by atoms with Crippen molar-refractivity contribution in [3.8, 4) is 5.88 Å². The first-order valence-electron chi connectivity index (χ1n) is 6.08. The Hall–Kier alpha value is -2.47. The number of aryl methyl sites for hydroxylation is 1. The highest BCUT2D eigenvalue weighted by atomic mass is 35.5. The zero-order valence-electron chi connectivity index (χ0n) is 10.9. The van der Waals surface area contributed by atoms with Gasteiger partial charge in [-0.3, -0.25) is 0 Å². The lowest BCUT2D eigenvalue weighted by Gasteiger charge is -2.09. The van der Waals surface area contributed by atoms with Gasteiger partial charge in [0.15, 0.2) is 11.6 Å². The molecule has 0 saturated heterocycles. The van der Waals surface area contributed by atoms with E-state index in [9.17, 15) is 9.50 Å². The number of fused-ring (bicyclic) bond motifs is 1. The maximum Gasteiger partial charge on any atom is 0.224 e. The van der Waals surface area contributed by atoms with E-state index in [0.717, 1.165) is 17.1 Å². The predicted molar refractivity (Wildman–Crippen MR) is 78.4 cm³/mol. The average molecular weight is 305 g/mol. The van der Waals surface area contributed by atoms with Gasteiger partial charge in [-0.15, -0.1) is 0 Å². The van der Waals surface area contributed by atoms with Crippen LogP contribution >= 0.6 is 11.6 Å². The summed E-state index contributed by atoms with van der Waals surface area (Å²) in [6, 6.07) is 6.80. The van der Waals surface area contributed by atoms with Crippen LogP contribution in [0.5, 0.6) is 5.88 Å². The fourth-order valence-electron chi connectivity index (χ4n) is 2.02. The van der Waals surface area contributed by atoms with Gasteiger partial charge in [-0.25, -0.2) is 14.4 Å². The van der Waals surface area contributed by atoms with Gasteiger partial charge in [0.2, 0.25) is 11.2 Å². The topological polar surface area (TPSA) is 70.9 Å². The summed E-state index contributed by atoms with van der Waals surface area (Å²) < 4.78 is 13.6. The van der Waals surface area contributed by atoms with Gasteiger partial charge >= 0.3 is 0 Å². The molecule has 2 heterocycles. The van der Waals surface area contributed by atoms with Gasteiger partial charge in [-0.2, -0.15) is 4.98 Å². The Morgan fingerprint density at radius 3 is 2.86 bits per heavy atom. The number of nitrogens with zero attached hydrogens (tertiary/aromatic N) is 3. The Morgan fingerprint density at radius 1 is 1.24 bits per heavy atom. The molecule has 0 amide bonds. The molecule has 3 aromatic rings. The molecule has 0 aliphatic heterocycles. The largest absolute Gasteiger partial charge is 0.493 e. The molecular formula is C14H10ClFN4O. The third-order valence-corrected chi connectivity index (χ3v) is 3.16. The number of pyridine rings is 1. The Balaban J connectivity index is 2.03. The van der Waals surface area contributed by atoms with Gasteiger partial charge in [-0.05, 0) is 42.3 Å². The van der Waals surface area contributed by atoms with Crippen LogP contribution < -0.4 is 5.32 Å². The molecule has 0 aliphatic carbocycles. The number of nitrogens with one attached hydrogen (secondary N) is 1. The van der Waals surface area contributed by atoms with E-state index in [1.807, 2.05) is 6.92 Å². The van der Waals surface area contributed by atoms with Crippen molar-refractivity contribution in [1.29, 1.82) is 0 Å². The zero-order valence-corrected chi connectivity index (χ0v) is 11.7. The second-order valence-electron chi connectivity index (χ2n) is 4.49. The van der Waals surface area contributed by atoms with Crippen molar-refractivity contribution in [2.24, 2.45) is 0 Å². The summed E-state index contributed by atoms with van der Waals surface area (Å²) in [5.74, 6) is -0.631. The zero-order chi connectivity index (χ0) is 15.0. The second kappa shape index (κ2) is 5.14. The van der Waals surface area contributed by atoms with Crippen molar-refractivity contribution in [1.82, 2.24) is 15.0 Å². The molecule has 7 heteroatoms. The van der Waals surface area contributed by atoms with Crippen LogP contribution in [0.2, 0.25) is 5.28 Å². The summed E-state index contributed by atoms with van der Waals surface area (Å²) in [5, 5.41) is 13.1. The molecule has 0 unspecified atom stereocenters. The van der Waals surface area contributed by atoms with Gasteiger partial charge in [-0.1, -0.05) is 0 Å². The third kappa shape index (κ3) is 2.71. The molecule has 2 N–H and O–H groups in total. The second-order valence-corrected chi connectivity index (χ2v) is 4.83. The lowest BCUT2D eigenvalue weighted by molar-refractivity contribution is 0.455. The van der Waals surface area contributed by atoms with E-state index in [2.05, 4.69) is 20.3 Å². The molecule has 0 aliphatic rings. The summed E-state index contributed by atoms with van der Waals surface area (Å²) in [6.07, 6.45) is 1.00. The molecular weight excluding hydrogens is 295 g/mol. The summed E-state index contributed by atoms with van der Waals surface area (Å²) in [7, 11) is 0. The van der Waals surface area contributed by atoms with E-state index < -0.39 is 5.82 Å². The molecule has 0 bridgehead atoms. The van der Waals surface area contributed by atoms with E-state index in [1.165, 1.54) is 0 Å². The van der Waals surface area contributed by atoms with Crippen molar-refractivity contribution >= 4 is 34.0 Å². The SMILES string of the molecule is Cc1cc(O)nc2ccc(Nc3nc(Cl)ncc3F)cc12. The van der Waals surface area contributed by atoms with Crippen LogP contribution in [0.25, 0.3) is 10.9 Å². The molecule has 21 heavy (non-hydrogen) atoms. The van der Waals surface area contributed by atoms with Gasteiger partial charge in [0.05, 0.1) is 11.7 Å². The van der Waals surface area contributed by atoms with Gasteiger partial charge in [0, 0.05) is 17.1 Å². The maximum absolute atomic E-state index is 13.6.